The second-order valence-electron chi connectivity index (χ2n) is 12.5. The molecule has 0 amide bonds. The Morgan fingerprint density at radius 3 is 1.86 bits per heavy atom. The minimum atomic E-state index is 0.703. The summed E-state index contributed by atoms with van der Waals surface area (Å²) in [6.45, 7) is 0. The van der Waals surface area contributed by atoms with E-state index in [2.05, 4.69) is 143 Å². The predicted octanol–water partition coefficient (Wildman–Crippen LogP) is 11.1. The molecule has 0 spiro atoms. The highest BCUT2D eigenvalue weighted by molar-refractivity contribution is 6.12. The predicted molar refractivity (Wildman–Crippen MR) is 205 cm³/mol. The summed E-state index contributed by atoms with van der Waals surface area (Å²) in [5, 5.41) is 4.69. The lowest BCUT2D eigenvalue weighted by molar-refractivity contribution is 1.09. The monoisotopic (exact) mass is 639 g/mol. The Morgan fingerprint density at radius 1 is 0.400 bits per heavy atom. The van der Waals surface area contributed by atoms with Crippen molar-refractivity contribution in [2.45, 2.75) is 0 Å². The molecular weight excluding hydrogens is 611 g/mol. The van der Waals surface area contributed by atoms with Crippen LogP contribution in [0.2, 0.25) is 0 Å². The Bertz CT molecular complexity index is 2850. The van der Waals surface area contributed by atoms with Crippen molar-refractivity contribution in [3.05, 3.63) is 176 Å². The van der Waals surface area contributed by atoms with E-state index in [9.17, 15) is 0 Å². The highest BCUT2D eigenvalue weighted by Crippen LogP contribution is 2.39. The largest absolute Gasteiger partial charge is 0.306 e. The lowest BCUT2D eigenvalue weighted by Gasteiger charge is -2.14. The molecule has 10 aromatic rings. The smallest absolute Gasteiger partial charge is 0.159 e. The van der Waals surface area contributed by atoms with Gasteiger partial charge in [-0.25, -0.2) is 15.0 Å². The third-order valence-corrected chi connectivity index (χ3v) is 9.64. The first kappa shape index (κ1) is 28.2. The van der Waals surface area contributed by atoms with Crippen LogP contribution in [0.3, 0.4) is 0 Å². The molecule has 6 aromatic carbocycles. The molecule has 50 heavy (non-hydrogen) atoms. The summed E-state index contributed by atoms with van der Waals surface area (Å²) in [6, 6.07) is 57.4. The second kappa shape index (κ2) is 11.4. The fourth-order valence-corrected chi connectivity index (χ4v) is 7.35. The van der Waals surface area contributed by atoms with Gasteiger partial charge in [-0.3, -0.25) is 4.57 Å². The summed E-state index contributed by atoms with van der Waals surface area (Å²) in [4.78, 5) is 14.9. The van der Waals surface area contributed by atoms with E-state index in [1.165, 1.54) is 16.2 Å². The van der Waals surface area contributed by atoms with Crippen molar-refractivity contribution in [3.8, 4) is 45.1 Å². The molecule has 5 nitrogen and oxygen atoms in total. The van der Waals surface area contributed by atoms with Crippen LogP contribution in [-0.4, -0.2) is 24.1 Å². The van der Waals surface area contributed by atoms with Gasteiger partial charge in [-0.05, 0) is 59.7 Å². The number of pyridine rings is 1. The number of benzene rings is 6. The fraction of sp³-hybridized carbons (Fsp3) is 0. The first-order valence-corrected chi connectivity index (χ1v) is 16.8. The summed E-state index contributed by atoms with van der Waals surface area (Å²) in [6.07, 6.45) is 3.84. The highest BCUT2D eigenvalue weighted by Gasteiger charge is 2.20. The van der Waals surface area contributed by atoms with Gasteiger partial charge in [0.05, 0.1) is 34.1 Å². The van der Waals surface area contributed by atoms with Gasteiger partial charge in [0, 0.05) is 44.6 Å². The van der Waals surface area contributed by atoms with Crippen molar-refractivity contribution in [1.82, 2.24) is 24.1 Å². The van der Waals surface area contributed by atoms with Crippen LogP contribution in [0, 0.1) is 0 Å². The number of fused-ring (bicyclic) bond motifs is 6. The average molecular weight is 640 g/mol. The summed E-state index contributed by atoms with van der Waals surface area (Å²) in [5.74, 6) is 0.703. The molecule has 0 fully saturated rings. The standard InChI is InChI=1S/C45H29N5/c1-4-13-30(14-5-1)43-42(29-47-44(48-43)31-15-6-2-7-16-31)50-39-21-11-10-19-35(39)38-27-32(23-25-40(38)50)33-22-24-36-37-20-12-26-46-45(37)49(41(36)28-33)34-17-8-3-9-18-34/h1-29H. The summed E-state index contributed by atoms with van der Waals surface area (Å²) < 4.78 is 4.58. The van der Waals surface area contributed by atoms with Gasteiger partial charge in [0.15, 0.2) is 5.82 Å². The summed E-state index contributed by atoms with van der Waals surface area (Å²) in [5.41, 5.74) is 11.6. The Balaban J connectivity index is 1.19. The molecule has 0 unspecified atom stereocenters. The van der Waals surface area contributed by atoms with E-state index >= 15 is 0 Å². The van der Waals surface area contributed by atoms with Crippen molar-refractivity contribution in [2.75, 3.05) is 0 Å². The van der Waals surface area contributed by atoms with Crippen LogP contribution in [-0.2, 0) is 0 Å². The minimum Gasteiger partial charge on any atom is -0.306 e. The van der Waals surface area contributed by atoms with Gasteiger partial charge in [0.2, 0.25) is 0 Å². The van der Waals surface area contributed by atoms with Gasteiger partial charge in [0.25, 0.3) is 0 Å². The average Bonchev–Trinajstić information content (AvgIpc) is 3.71. The molecule has 0 atom stereocenters. The molecule has 0 radical (unpaired) electrons. The van der Waals surface area contributed by atoms with Crippen LogP contribution in [0.15, 0.2) is 176 Å². The van der Waals surface area contributed by atoms with Crippen LogP contribution in [0.25, 0.3) is 88.9 Å². The molecule has 4 heterocycles. The molecule has 10 rings (SSSR count). The van der Waals surface area contributed by atoms with Gasteiger partial charge in [0.1, 0.15) is 5.65 Å². The Morgan fingerprint density at radius 2 is 1.04 bits per heavy atom. The van der Waals surface area contributed by atoms with E-state index in [1.807, 2.05) is 42.7 Å². The van der Waals surface area contributed by atoms with E-state index in [4.69, 9.17) is 15.0 Å². The normalized spacial score (nSPS) is 11.6. The van der Waals surface area contributed by atoms with Crippen LogP contribution < -0.4 is 0 Å². The Hall–Kier alpha value is -6.85. The lowest BCUT2D eigenvalue weighted by Crippen LogP contribution is -2.02. The number of hydrogen-bond acceptors (Lipinski definition) is 3. The van der Waals surface area contributed by atoms with Crippen molar-refractivity contribution in [3.63, 3.8) is 0 Å². The molecule has 0 aliphatic carbocycles. The van der Waals surface area contributed by atoms with Crippen LogP contribution >= 0.6 is 0 Å². The fourth-order valence-electron chi connectivity index (χ4n) is 7.35. The SMILES string of the molecule is c1ccc(-c2ncc(-n3c4ccccc4c4cc(-c5ccc6c7cccnc7n(-c7ccccc7)c6c5)ccc43)c(-c3ccccc3)n2)cc1. The van der Waals surface area contributed by atoms with Crippen molar-refractivity contribution in [2.24, 2.45) is 0 Å². The van der Waals surface area contributed by atoms with Crippen molar-refractivity contribution < 1.29 is 0 Å². The molecule has 5 heteroatoms. The highest BCUT2D eigenvalue weighted by atomic mass is 15.0. The minimum absolute atomic E-state index is 0.703. The van der Waals surface area contributed by atoms with Gasteiger partial charge in [-0.15, -0.1) is 0 Å². The van der Waals surface area contributed by atoms with Crippen molar-refractivity contribution >= 4 is 43.7 Å². The van der Waals surface area contributed by atoms with Crippen LogP contribution in [0.1, 0.15) is 0 Å². The van der Waals surface area contributed by atoms with Gasteiger partial charge >= 0.3 is 0 Å². The van der Waals surface area contributed by atoms with E-state index in [0.717, 1.165) is 66.9 Å². The van der Waals surface area contributed by atoms with E-state index in [1.54, 1.807) is 0 Å². The van der Waals surface area contributed by atoms with Gasteiger partial charge < -0.3 is 4.57 Å². The molecule has 0 aliphatic rings. The van der Waals surface area contributed by atoms with E-state index in [0.29, 0.717) is 5.82 Å². The number of nitrogens with zero attached hydrogens (tertiary/aromatic N) is 5. The molecule has 0 aliphatic heterocycles. The molecule has 0 N–H and O–H groups in total. The summed E-state index contributed by atoms with van der Waals surface area (Å²) in [7, 11) is 0. The van der Waals surface area contributed by atoms with Gasteiger partial charge in [-0.2, -0.15) is 0 Å². The molecule has 0 saturated carbocycles. The van der Waals surface area contributed by atoms with E-state index in [-0.39, 0.29) is 0 Å². The number of para-hydroxylation sites is 2. The maximum Gasteiger partial charge on any atom is 0.159 e. The zero-order valence-corrected chi connectivity index (χ0v) is 27.0. The Labute approximate surface area is 288 Å². The van der Waals surface area contributed by atoms with E-state index < -0.39 is 0 Å². The quantitative estimate of drug-likeness (QED) is 0.188. The maximum atomic E-state index is 5.19. The van der Waals surface area contributed by atoms with Crippen LogP contribution in [0.4, 0.5) is 0 Å². The molecular formula is C45H29N5. The van der Waals surface area contributed by atoms with Crippen LogP contribution in [0.5, 0.6) is 0 Å². The molecule has 0 bridgehead atoms. The number of rotatable bonds is 5. The third kappa shape index (κ3) is 4.45. The molecule has 4 aromatic heterocycles. The van der Waals surface area contributed by atoms with Crippen molar-refractivity contribution in [1.29, 1.82) is 0 Å². The third-order valence-electron chi connectivity index (χ3n) is 9.64. The lowest BCUT2D eigenvalue weighted by atomic mass is 10.0. The topological polar surface area (TPSA) is 48.5 Å². The zero-order valence-electron chi connectivity index (χ0n) is 27.0. The number of aromatic nitrogens is 5. The second-order valence-corrected chi connectivity index (χ2v) is 12.5. The zero-order chi connectivity index (χ0) is 33.0. The summed E-state index contributed by atoms with van der Waals surface area (Å²) >= 11 is 0. The maximum absolute atomic E-state index is 5.19. The first-order chi connectivity index (χ1) is 24.8. The molecule has 234 valence electrons. The Kier molecular flexibility index (Phi) is 6.42. The van der Waals surface area contributed by atoms with Gasteiger partial charge in [-0.1, -0.05) is 115 Å². The molecule has 0 saturated heterocycles. The number of hydrogen-bond donors (Lipinski definition) is 0. The first-order valence-electron chi connectivity index (χ1n) is 16.8.